The average molecular weight is 361 g/mol. The highest BCUT2D eigenvalue weighted by molar-refractivity contribution is 5.99. The van der Waals surface area contributed by atoms with Crippen LogP contribution in [0.5, 0.6) is 0 Å². The van der Waals surface area contributed by atoms with Gasteiger partial charge < -0.3 is 19.1 Å². The van der Waals surface area contributed by atoms with Gasteiger partial charge in [0.25, 0.3) is 0 Å². The number of nitrogens with zero attached hydrogens (tertiary/aromatic N) is 3. The maximum absolute atomic E-state index is 15.3. The number of rotatable bonds is 3. The number of fused-ring (bicyclic) bond motifs is 1. The summed E-state index contributed by atoms with van der Waals surface area (Å²) in [7, 11) is 0. The molecule has 0 spiro atoms. The Balaban J connectivity index is 1.79. The number of morpholine rings is 1. The normalized spacial score (nSPS) is 24.3. The Morgan fingerprint density at radius 3 is 2.50 bits per heavy atom. The Kier molecular flexibility index (Phi) is 4.56. The maximum atomic E-state index is 15.3. The van der Waals surface area contributed by atoms with Crippen LogP contribution in [0.1, 0.15) is 43.5 Å². The molecule has 0 saturated carbocycles. The monoisotopic (exact) mass is 361 g/mol. The summed E-state index contributed by atoms with van der Waals surface area (Å²) in [6.45, 7) is 6.70. The molecule has 2 aliphatic heterocycles. The molecule has 1 aromatic carbocycles. The molecular formula is C19H24FN3O3. The molecule has 0 radical (unpaired) electrons. The molecule has 140 valence electrons. The maximum Gasteiger partial charge on any atom is 0.206 e. The van der Waals surface area contributed by atoms with Gasteiger partial charge in [-0.15, -0.1) is 0 Å². The summed E-state index contributed by atoms with van der Waals surface area (Å²) in [6, 6.07) is 1.71. The Bertz CT molecular complexity index is 806. The predicted octanol–water partition coefficient (Wildman–Crippen LogP) is 3.38. The predicted molar refractivity (Wildman–Crippen MR) is 97.6 cm³/mol. The lowest BCUT2D eigenvalue weighted by atomic mass is 10.1. The zero-order valence-electron chi connectivity index (χ0n) is 15.2. The summed E-state index contributed by atoms with van der Waals surface area (Å²) in [5.74, 6) is 0.124. The lowest BCUT2D eigenvalue weighted by molar-refractivity contribution is -0.00543. The third-order valence-corrected chi connectivity index (χ3v) is 5.21. The molecular weight excluding hydrogens is 337 g/mol. The van der Waals surface area contributed by atoms with Crippen molar-refractivity contribution in [3.63, 3.8) is 0 Å². The highest BCUT2D eigenvalue weighted by atomic mass is 19.1. The van der Waals surface area contributed by atoms with Crippen LogP contribution in [0.4, 0.5) is 15.9 Å². The number of carbonyl (C=O) groups excluding carboxylic acids is 1. The van der Waals surface area contributed by atoms with Gasteiger partial charge in [0.1, 0.15) is 0 Å². The smallest absolute Gasteiger partial charge is 0.206 e. The highest BCUT2D eigenvalue weighted by Gasteiger charge is 2.30. The largest absolute Gasteiger partial charge is 0.372 e. The number of benzene rings is 1. The Hall–Kier alpha value is -2.15. The first kappa shape index (κ1) is 17.3. The van der Waals surface area contributed by atoms with E-state index in [2.05, 4.69) is 10.1 Å². The number of piperidine rings is 1. The standard InChI is InChI=1S/C19H24FN3O3/c1-12-9-23(10-13(2)25-12)17-14(11-24)8-15-18(16(17)20)26-21-19(15)22-6-4-3-5-7-22/h8,11-13H,3-7,9-10H2,1-2H3/t12-,13+. The topological polar surface area (TPSA) is 58.8 Å². The minimum Gasteiger partial charge on any atom is -0.372 e. The number of halogens is 1. The number of hydrogen-bond donors (Lipinski definition) is 0. The molecule has 2 aliphatic rings. The van der Waals surface area contributed by atoms with Gasteiger partial charge in [0.2, 0.25) is 5.58 Å². The molecule has 7 heteroatoms. The molecule has 0 N–H and O–H groups in total. The molecule has 0 unspecified atom stereocenters. The number of ether oxygens (including phenoxy) is 1. The van der Waals surface area contributed by atoms with E-state index in [9.17, 15) is 4.79 Å². The molecule has 4 rings (SSSR count). The van der Waals surface area contributed by atoms with Crippen molar-refractivity contribution in [2.75, 3.05) is 36.0 Å². The Labute approximate surface area is 151 Å². The molecule has 2 saturated heterocycles. The van der Waals surface area contributed by atoms with E-state index in [4.69, 9.17) is 9.26 Å². The van der Waals surface area contributed by atoms with E-state index in [0.717, 1.165) is 32.2 Å². The first-order valence-corrected chi connectivity index (χ1v) is 9.31. The highest BCUT2D eigenvalue weighted by Crippen LogP contribution is 2.37. The third-order valence-electron chi connectivity index (χ3n) is 5.21. The van der Waals surface area contributed by atoms with Crippen LogP contribution in [0.15, 0.2) is 10.6 Å². The summed E-state index contributed by atoms with van der Waals surface area (Å²) in [6.07, 6.45) is 4.00. The van der Waals surface area contributed by atoms with Crippen LogP contribution in [0.2, 0.25) is 0 Å². The van der Waals surface area contributed by atoms with Crippen molar-refractivity contribution in [2.45, 2.75) is 45.3 Å². The van der Waals surface area contributed by atoms with E-state index < -0.39 is 5.82 Å². The summed E-state index contributed by atoms with van der Waals surface area (Å²) in [4.78, 5) is 15.7. The van der Waals surface area contributed by atoms with Gasteiger partial charge in [0.05, 0.1) is 23.3 Å². The minimum atomic E-state index is -0.512. The molecule has 0 bridgehead atoms. The molecule has 2 fully saturated rings. The van der Waals surface area contributed by atoms with Gasteiger partial charge in [-0.3, -0.25) is 4.79 Å². The molecule has 1 aromatic heterocycles. The number of aromatic nitrogens is 1. The van der Waals surface area contributed by atoms with E-state index in [0.29, 0.717) is 29.9 Å². The van der Waals surface area contributed by atoms with Crippen LogP contribution in [0, 0.1) is 5.82 Å². The van der Waals surface area contributed by atoms with Crippen molar-refractivity contribution in [3.8, 4) is 0 Å². The van der Waals surface area contributed by atoms with Crippen LogP contribution in [0.3, 0.4) is 0 Å². The number of hydrogen-bond acceptors (Lipinski definition) is 6. The van der Waals surface area contributed by atoms with E-state index in [1.54, 1.807) is 6.07 Å². The molecule has 0 amide bonds. The van der Waals surface area contributed by atoms with Gasteiger partial charge in [0.15, 0.2) is 17.9 Å². The fraction of sp³-hybridized carbons (Fsp3) is 0.579. The Morgan fingerprint density at radius 1 is 1.15 bits per heavy atom. The second-order valence-corrected chi connectivity index (χ2v) is 7.34. The lowest BCUT2D eigenvalue weighted by Gasteiger charge is -2.37. The summed E-state index contributed by atoms with van der Waals surface area (Å²) in [5, 5.41) is 4.70. The second kappa shape index (κ2) is 6.87. The van der Waals surface area contributed by atoms with Gasteiger partial charge in [-0.2, -0.15) is 0 Å². The van der Waals surface area contributed by atoms with Crippen LogP contribution < -0.4 is 9.80 Å². The zero-order chi connectivity index (χ0) is 18.3. The molecule has 2 atom stereocenters. The van der Waals surface area contributed by atoms with E-state index in [-0.39, 0.29) is 23.5 Å². The van der Waals surface area contributed by atoms with Gasteiger partial charge in [-0.1, -0.05) is 5.16 Å². The third kappa shape index (κ3) is 2.94. The van der Waals surface area contributed by atoms with Crippen molar-refractivity contribution in [3.05, 3.63) is 17.4 Å². The van der Waals surface area contributed by atoms with E-state index in [1.165, 1.54) is 6.42 Å². The number of anilines is 2. The summed E-state index contributed by atoms with van der Waals surface area (Å²) in [5.41, 5.74) is 0.742. The van der Waals surface area contributed by atoms with Crippen molar-refractivity contribution in [2.24, 2.45) is 0 Å². The quantitative estimate of drug-likeness (QED) is 0.781. The molecule has 3 heterocycles. The Morgan fingerprint density at radius 2 is 1.85 bits per heavy atom. The SMILES string of the molecule is C[C@@H]1CN(c2c(C=O)cc3c(N4CCCCC4)noc3c2F)C[C@H](C)O1. The van der Waals surface area contributed by atoms with Crippen molar-refractivity contribution in [1.29, 1.82) is 0 Å². The minimum absolute atomic E-state index is 0.0352. The van der Waals surface area contributed by atoms with Gasteiger partial charge >= 0.3 is 0 Å². The molecule has 0 aliphatic carbocycles. The van der Waals surface area contributed by atoms with Gasteiger partial charge in [-0.05, 0) is 39.2 Å². The second-order valence-electron chi connectivity index (χ2n) is 7.34. The van der Waals surface area contributed by atoms with Gasteiger partial charge in [0, 0.05) is 31.7 Å². The number of carbonyl (C=O) groups is 1. The van der Waals surface area contributed by atoms with Crippen LogP contribution in [-0.2, 0) is 4.74 Å². The van der Waals surface area contributed by atoms with E-state index >= 15 is 4.39 Å². The van der Waals surface area contributed by atoms with Gasteiger partial charge in [-0.25, -0.2) is 4.39 Å². The van der Waals surface area contributed by atoms with E-state index in [1.807, 2.05) is 18.7 Å². The molecule has 6 nitrogen and oxygen atoms in total. The first-order chi connectivity index (χ1) is 12.6. The fourth-order valence-electron chi connectivity index (χ4n) is 4.14. The summed E-state index contributed by atoms with van der Waals surface area (Å²) >= 11 is 0. The molecule has 26 heavy (non-hydrogen) atoms. The zero-order valence-corrected chi connectivity index (χ0v) is 15.2. The van der Waals surface area contributed by atoms with Crippen LogP contribution in [0.25, 0.3) is 11.0 Å². The fourth-order valence-corrected chi connectivity index (χ4v) is 4.14. The van der Waals surface area contributed by atoms with Crippen LogP contribution in [-0.4, -0.2) is 49.8 Å². The van der Waals surface area contributed by atoms with Crippen molar-refractivity contribution in [1.82, 2.24) is 5.16 Å². The van der Waals surface area contributed by atoms with Crippen LogP contribution >= 0.6 is 0 Å². The first-order valence-electron chi connectivity index (χ1n) is 9.31. The summed E-state index contributed by atoms with van der Waals surface area (Å²) < 4.78 is 26.4. The van der Waals surface area contributed by atoms with Crippen molar-refractivity contribution >= 4 is 28.8 Å². The molecule has 2 aromatic rings. The van der Waals surface area contributed by atoms with Crippen molar-refractivity contribution < 1.29 is 18.4 Å². The average Bonchev–Trinajstić information content (AvgIpc) is 3.05. The number of aldehydes is 1. The lowest BCUT2D eigenvalue weighted by Crippen LogP contribution is -2.46.